The molecular weight excluding hydrogens is 272 g/mol. The Morgan fingerprint density at radius 2 is 2.16 bits per heavy atom. The third-order valence-corrected chi connectivity index (χ3v) is 2.62. The lowest BCUT2D eigenvalue weighted by Gasteiger charge is -2.16. The number of nitrogens with zero attached hydrogens (tertiary/aromatic N) is 1. The van der Waals surface area contributed by atoms with Gasteiger partial charge in [-0.1, -0.05) is 11.6 Å². The van der Waals surface area contributed by atoms with E-state index in [0.29, 0.717) is 16.5 Å². The highest BCUT2D eigenvalue weighted by Gasteiger charge is 2.19. The zero-order valence-electron chi connectivity index (χ0n) is 10.6. The number of nitrogens with one attached hydrogen (secondary N) is 1. The van der Waals surface area contributed by atoms with Crippen LogP contribution in [0.15, 0.2) is 18.2 Å². The number of halogens is 1. The van der Waals surface area contributed by atoms with Gasteiger partial charge in [0.2, 0.25) is 0 Å². The van der Waals surface area contributed by atoms with Crippen LogP contribution in [0.3, 0.4) is 0 Å². The lowest BCUT2D eigenvalue weighted by atomic mass is 10.3. The number of ether oxygens (including phenoxy) is 1. The fourth-order valence-corrected chi connectivity index (χ4v) is 1.55. The van der Waals surface area contributed by atoms with Gasteiger partial charge in [-0.05, 0) is 18.2 Å². The molecule has 0 bridgehead atoms. The SMILES string of the molecule is COc1ccc(Cl)cc1NC(=O)C(=O)N(C)CCO. The molecule has 0 aliphatic rings. The highest BCUT2D eigenvalue weighted by atomic mass is 35.5. The van der Waals surface area contributed by atoms with Crippen molar-refractivity contribution in [2.24, 2.45) is 0 Å². The Morgan fingerprint density at radius 3 is 2.74 bits per heavy atom. The molecule has 19 heavy (non-hydrogen) atoms. The van der Waals surface area contributed by atoms with E-state index in [4.69, 9.17) is 21.4 Å². The van der Waals surface area contributed by atoms with Crippen LogP contribution in [0.2, 0.25) is 5.02 Å². The molecule has 1 rings (SSSR count). The number of anilines is 1. The van der Waals surface area contributed by atoms with Crippen LogP contribution in [0.5, 0.6) is 5.75 Å². The summed E-state index contributed by atoms with van der Waals surface area (Å²) in [5.74, 6) is -1.18. The standard InChI is InChI=1S/C12H15ClN2O4/c1-15(5-6-16)12(18)11(17)14-9-7-8(13)3-4-10(9)19-2/h3-4,7,16H,5-6H2,1-2H3,(H,14,17). The van der Waals surface area contributed by atoms with Crippen LogP contribution < -0.4 is 10.1 Å². The minimum atomic E-state index is -0.823. The molecule has 1 aromatic carbocycles. The van der Waals surface area contributed by atoms with Gasteiger partial charge >= 0.3 is 11.8 Å². The maximum Gasteiger partial charge on any atom is 0.313 e. The van der Waals surface area contributed by atoms with Crippen LogP contribution in [0.4, 0.5) is 5.69 Å². The van der Waals surface area contributed by atoms with Crippen molar-refractivity contribution in [1.29, 1.82) is 0 Å². The molecule has 0 heterocycles. The predicted molar refractivity (Wildman–Crippen MR) is 71.4 cm³/mol. The first-order chi connectivity index (χ1) is 8.99. The number of likely N-dealkylation sites (N-methyl/N-ethyl adjacent to an activating group) is 1. The molecule has 6 nitrogen and oxygen atoms in total. The second-order valence-electron chi connectivity index (χ2n) is 3.75. The Hall–Kier alpha value is -1.79. The molecule has 0 saturated carbocycles. The van der Waals surface area contributed by atoms with Crippen molar-refractivity contribution < 1.29 is 19.4 Å². The monoisotopic (exact) mass is 286 g/mol. The van der Waals surface area contributed by atoms with Crippen molar-refractivity contribution in [3.05, 3.63) is 23.2 Å². The summed E-state index contributed by atoms with van der Waals surface area (Å²) in [6, 6.07) is 4.67. The van der Waals surface area contributed by atoms with Crippen LogP contribution in [0, 0.1) is 0 Å². The molecule has 2 amide bonds. The fourth-order valence-electron chi connectivity index (χ4n) is 1.38. The molecule has 0 radical (unpaired) electrons. The average molecular weight is 287 g/mol. The molecule has 0 spiro atoms. The maximum absolute atomic E-state index is 11.7. The molecule has 0 unspecified atom stereocenters. The van der Waals surface area contributed by atoms with Crippen LogP contribution in [-0.4, -0.2) is 49.1 Å². The molecule has 2 N–H and O–H groups in total. The number of hydrogen-bond acceptors (Lipinski definition) is 4. The van der Waals surface area contributed by atoms with Gasteiger partial charge in [-0.15, -0.1) is 0 Å². The van der Waals surface area contributed by atoms with Gasteiger partial charge < -0.3 is 20.1 Å². The Morgan fingerprint density at radius 1 is 1.47 bits per heavy atom. The van der Waals surface area contributed by atoms with Crippen molar-refractivity contribution in [3.63, 3.8) is 0 Å². The van der Waals surface area contributed by atoms with Crippen LogP contribution in [-0.2, 0) is 9.59 Å². The van der Waals surface area contributed by atoms with Crippen LogP contribution in [0.1, 0.15) is 0 Å². The lowest BCUT2D eigenvalue weighted by Crippen LogP contribution is -2.38. The first kappa shape index (κ1) is 15.3. The summed E-state index contributed by atoms with van der Waals surface area (Å²) in [6.07, 6.45) is 0. The number of rotatable bonds is 4. The van der Waals surface area contributed by atoms with Gasteiger partial charge in [0, 0.05) is 18.6 Å². The Kier molecular flexibility index (Phi) is 5.59. The zero-order chi connectivity index (χ0) is 14.4. The summed E-state index contributed by atoms with van der Waals surface area (Å²) in [7, 11) is 2.87. The fraction of sp³-hybridized carbons (Fsp3) is 0.333. The Balaban J connectivity index is 2.82. The van der Waals surface area contributed by atoms with E-state index in [1.807, 2.05) is 0 Å². The van der Waals surface area contributed by atoms with E-state index in [0.717, 1.165) is 4.90 Å². The summed E-state index contributed by atoms with van der Waals surface area (Å²) in [4.78, 5) is 24.5. The third kappa shape index (κ3) is 4.11. The number of methoxy groups -OCH3 is 1. The minimum Gasteiger partial charge on any atom is -0.495 e. The second kappa shape index (κ2) is 6.96. The van der Waals surface area contributed by atoms with Gasteiger partial charge in [-0.2, -0.15) is 0 Å². The van der Waals surface area contributed by atoms with Crippen LogP contribution >= 0.6 is 11.6 Å². The molecule has 1 aromatic rings. The molecular formula is C12H15ClN2O4. The number of aliphatic hydroxyl groups excluding tert-OH is 1. The number of benzene rings is 1. The van der Waals surface area contributed by atoms with E-state index in [2.05, 4.69) is 5.32 Å². The van der Waals surface area contributed by atoms with E-state index in [1.54, 1.807) is 12.1 Å². The van der Waals surface area contributed by atoms with E-state index < -0.39 is 11.8 Å². The van der Waals surface area contributed by atoms with Gasteiger partial charge in [-0.3, -0.25) is 9.59 Å². The van der Waals surface area contributed by atoms with Crippen LogP contribution in [0.25, 0.3) is 0 Å². The molecule has 0 atom stereocenters. The summed E-state index contributed by atoms with van der Waals surface area (Å²) in [5, 5.41) is 11.5. The number of carbonyl (C=O) groups is 2. The zero-order valence-corrected chi connectivity index (χ0v) is 11.4. The van der Waals surface area contributed by atoms with Crippen molar-refractivity contribution in [2.75, 3.05) is 32.6 Å². The van der Waals surface area contributed by atoms with E-state index in [9.17, 15) is 9.59 Å². The first-order valence-corrected chi connectivity index (χ1v) is 5.88. The van der Waals surface area contributed by atoms with Gasteiger partial charge in [0.05, 0.1) is 19.4 Å². The van der Waals surface area contributed by atoms with Gasteiger partial charge in [0.1, 0.15) is 5.75 Å². The summed E-state index contributed by atoms with van der Waals surface area (Å²) >= 11 is 5.81. The molecule has 0 aliphatic carbocycles. The molecule has 7 heteroatoms. The smallest absolute Gasteiger partial charge is 0.313 e. The largest absolute Gasteiger partial charge is 0.495 e. The topological polar surface area (TPSA) is 78.9 Å². The van der Waals surface area contributed by atoms with Crippen molar-refractivity contribution in [3.8, 4) is 5.75 Å². The summed E-state index contributed by atoms with van der Waals surface area (Å²) in [6.45, 7) is -0.130. The van der Waals surface area contributed by atoms with Gasteiger partial charge in [0.15, 0.2) is 0 Å². The summed E-state index contributed by atoms with van der Waals surface area (Å²) in [5.41, 5.74) is 0.311. The number of aliphatic hydroxyl groups is 1. The van der Waals surface area contributed by atoms with E-state index in [-0.39, 0.29) is 13.2 Å². The molecule has 0 aliphatic heterocycles. The predicted octanol–water partition coefficient (Wildman–Crippen LogP) is 0.738. The quantitative estimate of drug-likeness (QED) is 0.800. The first-order valence-electron chi connectivity index (χ1n) is 5.50. The van der Waals surface area contributed by atoms with E-state index in [1.165, 1.54) is 20.2 Å². The molecule has 0 aromatic heterocycles. The molecule has 0 fully saturated rings. The Labute approximate surface area is 115 Å². The van der Waals surface area contributed by atoms with E-state index >= 15 is 0 Å². The molecule has 0 saturated heterocycles. The third-order valence-electron chi connectivity index (χ3n) is 2.39. The average Bonchev–Trinajstić information content (AvgIpc) is 2.38. The Bertz CT molecular complexity index is 479. The lowest BCUT2D eigenvalue weighted by molar-refractivity contribution is -0.142. The van der Waals surface area contributed by atoms with Gasteiger partial charge in [-0.25, -0.2) is 0 Å². The van der Waals surface area contributed by atoms with Crippen molar-refractivity contribution in [2.45, 2.75) is 0 Å². The number of carbonyl (C=O) groups excluding carboxylic acids is 2. The summed E-state index contributed by atoms with van der Waals surface area (Å²) < 4.78 is 5.05. The van der Waals surface area contributed by atoms with Gasteiger partial charge in [0.25, 0.3) is 0 Å². The van der Waals surface area contributed by atoms with Crippen molar-refractivity contribution in [1.82, 2.24) is 4.90 Å². The highest BCUT2D eigenvalue weighted by Crippen LogP contribution is 2.27. The number of amides is 2. The minimum absolute atomic E-state index is 0.0823. The molecule has 104 valence electrons. The highest BCUT2D eigenvalue weighted by molar-refractivity contribution is 6.39. The van der Waals surface area contributed by atoms with Crippen molar-refractivity contribution >= 4 is 29.1 Å². The normalized spacial score (nSPS) is 9.89. The maximum atomic E-state index is 11.7. The number of hydrogen-bond donors (Lipinski definition) is 2. The second-order valence-corrected chi connectivity index (χ2v) is 4.19.